The van der Waals surface area contributed by atoms with Crippen LogP contribution in [0.15, 0.2) is 45.9 Å². The molecule has 0 aliphatic heterocycles. The van der Waals surface area contributed by atoms with Crippen LogP contribution in [0.1, 0.15) is 12.7 Å². The van der Waals surface area contributed by atoms with Gasteiger partial charge in [-0.25, -0.2) is 8.42 Å². The summed E-state index contributed by atoms with van der Waals surface area (Å²) < 4.78 is 53.1. The summed E-state index contributed by atoms with van der Waals surface area (Å²) in [6.07, 6.45) is 1.34. The number of aliphatic hydroxyl groups is 1. The maximum atomic E-state index is 12.6. The number of furan rings is 1. The zero-order valence-electron chi connectivity index (χ0n) is 12.8. The van der Waals surface area contributed by atoms with E-state index in [2.05, 4.69) is 5.32 Å². The lowest BCUT2D eigenvalue weighted by atomic mass is 10.0. The molecule has 0 saturated heterocycles. The van der Waals surface area contributed by atoms with Crippen molar-refractivity contribution in [2.24, 2.45) is 0 Å². The van der Waals surface area contributed by atoms with Crippen molar-refractivity contribution in [3.63, 3.8) is 0 Å². The fourth-order valence-electron chi connectivity index (χ4n) is 2.03. The van der Waals surface area contributed by atoms with Crippen LogP contribution in [-0.4, -0.2) is 30.7 Å². The van der Waals surface area contributed by atoms with Crippen molar-refractivity contribution in [2.45, 2.75) is 23.2 Å². The Kier molecular flexibility index (Phi) is 5.09. The second-order valence-corrected chi connectivity index (χ2v) is 7.26. The fraction of sp³-hybridized carbons (Fsp3) is 0.286. The van der Waals surface area contributed by atoms with Gasteiger partial charge in [-0.1, -0.05) is 0 Å². The average Bonchev–Trinajstić information content (AvgIpc) is 3.07. The molecule has 0 radical (unpaired) electrons. The summed E-state index contributed by atoms with van der Waals surface area (Å²) >= 11 is 0. The molecule has 2 aromatic rings. The Hall–Kier alpha value is -2.53. The first-order valence-electron chi connectivity index (χ1n) is 6.86. The first-order valence-corrected chi connectivity index (χ1v) is 8.41. The Balaban J connectivity index is 2.31. The van der Waals surface area contributed by atoms with E-state index in [0.29, 0.717) is 6.07 Å². The highest BCUT2D eigenvalue weighted by molar-refractivity contribution is 7.91. The minimum Gasteiger partial charge on any atom is -0.466 e. The van der Waals surface area contributed by atoms with E-state index in [1.165, 1.54) is 19.3 Å². The van der Waals surface area contributed by atoms with Gasteiger partial charge in [0.15, 0.2) is 0 Å². The lowest BCUT2D eigenvalue weighted by Gasteiger charge is -2.21. The minimum absolute atomic E-state index is 0.134. The molecule has 0 bridgehead atoms. The molecular weight excluding hydrogens is 362 g/mol. The van der Waals surface area contributed by atoms with Crippen molar-refractivity contribution in [2.75, 3.05) is 11.9 Å². The smallest absolute Gasteiger partial charge is 0.341 e. The topological polar surface area (TPSA) is 123 Å². The van der Waals surface area contributed by atoms with Crippen LogP contribution >= 0.6 is 0 Å². The van der Waals surface area contributed by atoms with Gasteiger partial charge >= 0.3 is 5.76 Å². The van der Waals surface area contributed by atoms with Gasteiger partial charge < -0.3 is 14.8 Å². The van der Waals surface area contributed by atoms with Gasteiger partial charge in [0.2, 0.25) is 9.84 Å². The van der Waals surface area contributed by atoms with Crippen molar-refractivity contribution < 1.29 is 31.6 Å². The molecule has 136 valence electrons. The van der Waals surface area contributed by atoms with Gasteiger partial charge in [-0.2, -0.15) is 8.78 Å². The molecule has 8 nitrogen and oxygen atoms in total. The normalized spacial score (nSPS) is 14.3. The number of hydrogen-bond acceptors (Lipinski definition) is 7. The van der Waals surface area contributed by atoms with Crippen molar-refractivity contribution >= 4 is 21.2 Å². The van der Waals surface area contributed by atoms with Crippen LogP contribution in [0, 0.1) is 10.1 Å². The molecule has 11 heteroatoms. The van der Waals surface area contributed by atoms with Crippen LogP contribution in [-0.2, 0) is 15.4 Å². The van der Waals surface area contributed by atoms with E-state index in [4.69, 9.17) is 4.42 Å². The summed E-state index contributed by atoms with van der Waals surface area (Å²) in [6, 6.07) is 5.43. The van der Waals surface area contributed by atoms with Crippen LogP contribution in [0.3, 0.4) is 0 Å². The maximum absolute atomic E-state index is 12.6. The molecule has 0 saturated carbocycles. The highest BCUT2D eigenvalue weighted by atomic mass is 32.2. The number of benzene rings is 1. The predicted octanol–water partition coefficient (Wildman–Crippen LogP) is 2.50. The van der Waals surface area contributed by atoms with E-state index in [1.54, 1.807) is 6.07 Å². The largest absolute Gasteiger partial charge is 0.466 e. The number of halogens is 2. The molecule has 1 atom stereocenters. The fourth-order valence-corrected chi connectivity index (χ4v) is 2.77. The molecule has 0 amide bonds. The Bertz CT molecular complexity index is 865. The van der Waals surface area contributed by atoms with Crippen molar-refractivity contribution in [3.8, 4) is 0 Å². The Morgan fingerprint density at radius 1 is 1.40 bits per heavy atom. The number of hydrogen-bond donors (Lipinski definition) is 2. The molecular formula is C14H14F2N2O6S. The third-order valence-electron chi connectivity index (χ3n) is 3.40. The molecule has 2 rings (SSSR count). The molecule has 0 aliphatic rings. The van der Waals surface area contributed by atoms with Crippen molar-refractivity contribution in [1.82, 2.24) is 0 Å². The van der Waals surface area contributed by atoms with Crippen LogP contribution < -0.4 is 5.32 Å². The van der Waals surface area contributed by atoms with Gasteiger partial charge in [-0.15, -0.1) is 0 Å². The standard InChI is InChI=1S/C14H14F2N2O6S/c1-14(19,12-3-2-6-24-12)8-17-10-5-4-9(7-11(10)18(20)21)25(22,23)13(15)16/h2-7,13,17,19H,8H2,1H3. The number of nitro groups is 1. The molecule has 1 unspecified atom stereocenters. The number of alkyl halides is 2. The number of nitrogens with one attached hydrogen (secondary N) is 1. The van der Waals surface area contributed by atoms with Gasteiger partial charge in [-0.3, -0.25) is 10.1 Å². The van der Waals surface area contributed by atoms with Gasteiger partial charge in [-0.05, 0) is 31.2 Å². The van der Waals surface area contributed by atoms with E-state index in [1.807, 2.05) is 0 Å². The lowest BCUT2D eigenvalue weighted by Crippen LogP contribution is -2.30. The highest BCUT2D eigenvalue weighted by Crippen LogP contribution is 2.31. The monoisotopic (exact) mass is 376 g/mol. The molecule has 25 heavy (non-hydrogen) atoms. The Labute approximate surface area is 141 Å². The second kappa shape index (κ2) is 6.76. The number of sulfone groups is 1. The SMILES string of the molecule is CC(O)(CNc1ccc(S(=O)(=O)C(F)F)cc1[N+](=O)[O-])c1ccco1. The van der Waals surface area contributed by atoms with Crippen LogP contribution in [0.5, 0.6) is 0 Å². The predicted molar refractivity (Wildman–Crippen MR) is 83.1 cm³/mol. The van der Waals surface area contributed by atoms with Gasteiger partial charge in [0.25, 0.3) is 5.69 Å². The number of nitrogens with zero attached hydrogens (tertiary/aromatic N) is 1. The Morgan fingerprint density at radius 3 is 2.60 bits per heavy atom. The van der Waals surface area contributed by atoms with E-state index in [-0.39, 0.29) is 18.0 Å². The van der Waals surface area contributed by atoms with E-state index in [0.717, 1.165) is 12.1 Å². The van der Waals surface area contributed by atoms with Crippen LogP contribution in [0.25, 0.3) is 0 Å². The third-order valence-corrected chi connectivity index (χ3v) is 4.78. The zero-order valence-corrected chi connectivity index (χ0v) is 13.7. The van der Waals surface area contributed by atoms with Crippen LogP contribution in [0.4, 0.5) is 20.2 Å². The van der Waals surface area contributed by atoms with E-state index >= 15 is 0 Å². The third kappa shape index (κ3) is 3.94. The first-order chi connectivity index (χ1) is 11.6. The van der Waals surface area contributed by atoms with Gasteiger partial charge in [0.05, 0.1) is 22.6 Å². The average molecular weight is 376 g/mol. The molecule has 0 spiro atoms. The summed E-state index contributed by atoms with van der Waals surface area (Å²) in [6.45, 7) is 1.20. The molecule has 1 aromatic heterocycles. The lowest BCUT2D eigenvalue weighted by molar-refractivity contribution is -0.384. The summed E-state index contributed by atoms with van der Waals surface area (Å²) in [5, 5.41) is 24.0. The summed E-state index contributed by atoms with van der Waals surface area (Å²) in [4.78, 5) is 9.35. The van der Waals surface area contributed by atoms with E-state index in [9.17, 15) is 32.4 Å². The minimum atomic E-state index is -4.96. The summed E-state index contributed by atoms with van der Waals surface area (Å²) in [5.74, 6) is -3.48. The number of rotatable bonds is 7. The molecule has 1 heterocycles. The van der Waals surface area contributed by atoms with Crippen molar-refractivity contribution in [1.29, 1.82) is 0 Å². The van der Waals surface area contributed by atoms with Crippen molar-refractivity contribution in [3.05, 3.63) is 52.5 Å². The highest BCUT2D eigenvalue weighted by Gasteiger charge is 2.31. The number of nitro benzene ring substituents is 1. The number of anilines is 1. The molecule has 0 fully saturated rings. The van der Waals surface area contributed by atoms with E-state index < -0.39 is 36.7 Å². The summed E-state index contributed by atoms with van der Waals surface area (Å²) in [5.41, 5.74) is -2.35. The first kappa shape index (κ1) is 18.8. The molecule has 1 aromatic carbocycles. The van der Waals surface area contributed by atoms with Crippen LogP contribution in [0.2, 0.25) is 0 Å². The quantitative estimate of drug-likeness (QED) is 0.562. The summed E-state index contributed by atoms with van der Waals surface area (Å²) in [7, 11) is -4.96. The van der Waals surface area contributed by atoms with Gasteiger partial charge in [0, 0.05) is 6.07 Å². The van der Waals surface area contributed by atoms with Gasteiger partial charge in [0.1, 0.15) is 17.0 Å². The molecule has 0 aliphatic carbocycles. The zero-order chi connectivity index (χ0) is 18.8. The maximum Gasteiger partial charge on any atom is 0.341 e. The second-order valence-electron chi connectivity index (χ2n) is 5.35. The Morgan fingerprint density at radius 2 is 2.08 bits per heavy atom. The molecule has 2 N–H and O–H groups in total.